The molecule has 0 fully saturated rings. The van der Waals surface area contributed by atoms with Crippen molar-refractivity contribution in [1.82, 2.24) is 4.98 Å². The van der Waals surface area contributed by atoms with E-state index in [1.165, 1.54) is 24.3 Å². The number of carbonyl (C=O) groups is 1. The van der Waals surface area contributed by atoms with Crippen LogP contribution in [0.25, 0.3) is 0 Å². The van der Waals surface area contributed by atoms with Crippen molar-refractivity contribution in [3.8, 4) is 11.5 Å². The molecule has 25 heavy (non-hydrogen) atoms. The number of benzene rings is 2. The van der Waals surface area contributed by atoms with Crippen molar-refractivity contribution in [3.05, 3.63) is 88.7 Å². The van der Waals surface area contributed by atoms with Crippen molar-refractivity contribution in [2.24, 2.45) is 0 Å². The summed E-state index contributed by atoms with van der Waals surface area (Å²) >= 11 is 0. The second-order valence-corrected chi connectivity index (χ2v) is 5.08. The van der Waals surface area contributed by atoms with Gasteiger partial charge in [-0.2, -0.15) is 0 Å². The van der Waals surface area contributed by atoms with Gasteiger partial charge in [0.2, 0.25) is 0 Å². The molecule has 0 unspecified atom stereocenters. The topological polar surface area (TPSA) is 94.4 Å². The number of rotatable bonds is 5. The van der Waals surface area contributed by atoms with Gasteiger partial charge < -0.3 is 10.1 Å². The first-order valence-electron chi connectivity index (χ1n) is 7.35. The summed E-state index contributed by atoms with van der Waals surface area (Å²) in [5, 5.41) is 13.5. The fraction of sp³-hybridized carbons (Fsp3) is 0. The predicted octanol–water partition coefficient (Wildman–Crippen LogP) is 4.03. The van der Waals surface area contributed by atoms with Crippen LogP contribution in [0.2, 0.25) is 0 Å². The van der Waals surface area contributed by atoms with Crippen LogP contribution < -0.4 is 10.1 Å². The van der Waals surface area contributed by atoms with E-state index in [2.05, 4.69) is 10.3 Å². The smallest absolute Gasteiger partial charge is 0.270 e. The van der Waals surface area contributed by atoms with Crippen molar-refractivity contribution in [2.75, 3.05) is 5.32 Å². The lowest BCUT2D eigenvalue weighted by molar-refractivity contribution is -0.384. The summed E-state index contributed by atoms with van der Waals surface area (Å²) in [5.74, 6) is 0.779. The van der Waals surface area contributed by atoms with Gasteiger partial charge in [-0.25, -0.2) is 0 Å². The quantitative estimate of drug-likeness (QED) is 0.561. The molecule has 1 amide bonds. The Bertz CT molecular complexity index is 896. The number of ether oxygens (including phenoxy) is 1. The zero-order chi connectivity index (χ0) is 17.6. The molecule has 0 aliphatic carbocycles. The van der Waals surface area contributed by atoms with Gasteiger partial charge >= 0.3 is 0 Å². The highest BCUT2D eigenvalue weighted by atomic mass is 16.6. The van der Waals surface area contributed by atoms with Crippen molar-refractivity contribution < 1.29 is 14.5 Å². The second kappa shape index (κ2) is 7.22. The second-order valence-electron chi connectivity index (χ2n) is 5.08. The minimum atomic E-state index is -0.540. The van der Waals surface area contributed by atoms with E-state index in [-0.39, 0.29) is 11.3 Å². The molecule has 3 aromatic rings. The van der Waals surface area contributed by atoms with Crippen LogP contribution in [0.3, 0.4) is 0 Å². The van der Waals surface area contributed by atoms with Gasteiger partial charge in [0, 0.05) is 29.6 Å². The third-order valence-corrected chi connectivity index (χ3v) is 3.30. The summed E-state index contributed by atoms with van der Waals surface area (Å²) in [7, 11) is 0. The number of nitro benzene ring substituents is 1. The van der Waals surface area contributed by atoms with Crippen molar-refractivity contribution in [3.63, 3.8) is 0 Å². The van der Waals surface area contributed by atoms with Crippen LogP contribution >= 0.6 is 0 Å². The Kier molecular flexibility index (Phi) is 4.66. The maximum Gasteiger partial charge on any atom is 0.270 e. The molecule has 124 valence electrons. The standard InChI is InChI=1S/C18H13N3O4/c22-18(13-3-1-4-15(11-13)21(23)24)20-14-6-8-16(9-7-14)25-17-5-2-10-19-12-17/h1-12H,(H,20,22). The maximum atomic E-state index is 12.2. The Balaban J connectivity index is 1.68. The third kappa shape index (κ3) is 4.17. The first kappa shape index (κ1) is 16.1. The molecule has 0 saturated heterocycles. The summed E-state index contributed by atoms with van der Waals surface area (Å²) in [6.07, 6.45) is 3.25. The third-order valence-electron chi connectivity index (χ3n) is 3.30. The van der Waals surface area contributed by atoms with Crippen LogP contribution in [-0.2, 0) is 0 Å². The number of aromatic nitrogens is 1. The van der Waals surface area contributed by atoms with E-state index in [9.17, 15) is 14.9 Å². The summed E-state index contributed by atoms with van der Waals surface area (Å²) in [4.78, 5) is 26.4. The highest BCUT2D eigenvalue weighted by molar-refractivity contribution is 6.04. The Morgan fingerprint density at radius 3 is 2.52 bits per heavy atom. The molecule has 3 rings (SSSR count). The summed E-state index contributed by atoms with van der Waals surface area (Å²) in [6, 6.07) is 15.9. The molecule has 1 aromatic heterocycles. The predicted molar refractivity (Wildman–Crippen MR) is 91.8 cm³/mol. The number of nitrogens with one attached hydrogen (secondary N) is 1. The van der Waals surface area contributed by atoms with Gasteiger partial charge in [-0.05, 0) is 42.5 Å². The molecule has 0 aliphatic rings. The van der Waals surface area contributed by atoms with E-state index < -0.39 is 10.8 Å². The molecule has 0 bridgehead atoms. The van der Waals surface area contributed by atoms with Crippen LogP contribution in [-0.4, -0.2) is 15.8 Å². The first-order valence-corrected chi connectivity index (χ1v) is 7.35. The highest BCUT2D eigenvalue weighted by Gasteiger charge is 2.11. The Morgan fingerprint density at radius 2 is 1.84 bits per heavy atom. The lowest BCUT2D eigenvalue weighted by atomic mass is 10.2. The number of nitrogens with zero attached hydrogens (tertiary/aromatic N) is 2. The molecule has 1 heterocycles. The van der Waals surface area contributed by atoms with Gasteiger partial charge in [0.1, 0.15) is 11.5 Å². The normalized spacial score (nSPS) is 10.1. The Morgan fingerprint density at radius 1 is 1.04 bits per heavy atom. The maximum absolute atomic E-state index is 12.2. The van der Waals surface area contributed by atoms with E-state index in [1.54, 1.807) is 48.8 Å². The average molecular weight is 335 g/mol. The fourth-order valence-electron chi connectivity index (χ4n) is 2.11. The summed E-state index contributed by atoms with van der Waals surface area (Å²) in [5.41, 5.74) is 0.632. The van der Waals surface area contributed by atoms with Gasteiger partial charge in [0.05, 0.1) is 11.1 Å². The fourth-order valence-corrected chi connectivity index (χ4v) is 2.11. The number of nitro groups is 1. The van der Waals surface area contributed by atoms with Gasteiger partial charge in [0.25, 0.3) is 11.6 Å². The number of anilines is 1. The molecule has 2 aromatic carbocycles. The Labute approximate surface area is 143 Å². The van der Waals surface area contributed by atoms with E-state index in [4.69, 9.17) is 4.74 Å². The first-order chi connectivity index (χ1) is 12.1. The van der Waals surface area contributed by atoms with Crippen LogP contribution in [0.1, 0.15) is 10.4 Å². The van der Waals surface area contributed by atoms with Crippen LogP contribution in [0, 0.1) is 10.1 Å². The number of amides is 1. The zero-order valence-electron chi connectivity index (χ0n) is 13.0. The van der Waals surface area contributed by atoms with Crippen LogP contribution in [0.5, 0.6) is 11.5 Å². The minimum absolute atomic E-state index is 0.132. The van der Waals surface area contributed by atoms with E-state index >= 15 is 0 Å². The van der Waals surface area contributed by atoms with Gasteiger partial charge in [-0.1, -0.05) is 6.07 Å². The molecule has 0 spiro atoms. The highest BCUT2D eigenvalue weighted by Crippen LogP contribution is 2.22. The summed E-state index contributed by atoms with van der Waals surface area (Å²) < 4.78 is 5.61. The SMILES string of the molecule is O=C(Nc1ccc(Oc2cccnc2)cc1)c1cccc([N+](=O)[O-])c1. The lowest BCUT2D eigenvalue weighted by Crippen LogP contribution is -2.11. The molecule has 7 nitrogen and oxygen atoms in total. The largest absolute Gasteiger partial charge is 0.456 e. The number of carbonyl (C=O) groups excluding carboxylic acids is 1. The molecular formula is C18H13N3O4. The molecule has 1 N–H and O–H groups in total. The summed E-state index contributed by atoms with van der Waals surface area (Å²) in [6.45, 7) is 0. The number of hydrogen-bond acceptors (Lipinski definition) is 5. The molecule has 0 aliphatic heterocycles. The van der Waals surface area contributed by atoms with Crippen LogP contribution in [0.4, 0.5) is 11.4 Å². The molecule has 0 radical (unpaired) electrons. The monoisotopic (exact) mass is 335 g/mol. The molecule has 7 heteroatoms. The van der Waals surface area contributed by atoms with E-state index in [0.29, 0.717) is 17.2 Å². The molecular weight excluding hydrogens is 322 g/mol. The van der Waals surface area contributed by atoms with Gasteiger partial charge in [-0.3, -0.25) is 19.9 Å². The van der Waals surface area contributed by atoms with Crippen molar-refractivity contribution in [2.45, 2.75) is 0 Å². The number of pyridine rings is 1. The van der Waals surface area contributed by atoms with Crippen LogP contribution in [0.15, 0.2) is 73.1 Å². The van der Waals surface area contributed by atoms with Crippen molar-refractivity contribution in [1.29, 1.82) is 0 Å². The average Bonchev–Trinajstić information content (AvgIpc) is 2.64. The molecule has 0 saturated carbocycles. The minimum Gasteiger partial charge on any atom is -0.456 e. The Hall–Kier alpha value is -3.74. The zero-order valence-corrected chi connectivity index (χ0v) is 13.0. The molecule has 0 atom stereocenters. The van der Waals surface area contributed by atoms with E-state index in [1.807, 2.05) is 0 Å². The number of hydrogen-bond donors (Lipinski definition) is 1. The lowest BCUT2D eigenvalue weighted by Gasteiger charge is -2.08. The van der Waals surface area contributed by atoms with E-state index in [0.717, 1.165) is 0 Å². The number of non-ortho nitro benzene ring substituents is 1. The van der Waals surface area contributed by atoms with Gasteiger partial charge in [-0.15, -0.1) is 0 Å². The van der Waals surface area contributed by atoms with Gasteiger partial charge in [0.15, 0.2) is 0 Å². The van der Waals surface area contributed by atoms with Crippen molar-refractivity contribution >= 4 is 17.3 Å².